The maximum atomic E-state index is 6.13. The number of nitrogens with zero attached hydrogens (tertiary/aromatic N) is 2. The minimum atomic E-state index is 0.699. The lowest BCUT2D eigenvalue weighted by Gasteiger charge is -2.10. The number of aromatic amines is 1. The number of H-pyrrole nitrogens is 1. The number of ether oxygens (including phenoxy) is 2. The van der Waals surface area contributed by atoms with E-state index in [2.05, 4.69) is 39.3 Å². The van der Waals surface area contributed by atoms with E-state index in [0.29, 0.717) is 5.95 Å². The molecule has 5 aromatic rings. The topological polar surface area (TPSA) is 72.1 Å². The number of hydrogen-bond donors (Lipinski definition) is 2. The molecular formula is C26H22N4O2. The molecule has 32 heavy (non-hydrogen) atoms. The molecule has 2 N–H and O–H groups in total. The van der Waals surface area contributed by atoms with Crippen molar-refractivity contribution in [2.45, 2.75) is 6.92 Å². The molecule has 0 amide bonds. The highest BCUT2D eigenvalue weighted by molar-refractivity contribution is 5.86. The molecule has 0 saturated heterocycles. The molecule has 6 nitrogen and oxygen atoms in total. The van der Waals surface area contributed by atoms with Gasteiger partial charge in [0, 0.05) is 23.3 Å². The van der Waals surface area contributed by atoms with Crippen LogP contribution in [0, 0.1) is 6.92 Å². The maximum absolute atomic E-state index is 6.13. The Balaban J connectivity index is 1.33. The van der Waals surface area contributed by atoms with E-state index in [1.54, 1.807) is 13.3 Å². The number of benzene rings is 3. The van der Waals surface area contributed by atoms with Crippen LogP contribution in [0.4, 0.5) is 11.6 Å². The fourth-order valence-electron chi connectivity index (χ4n) is 3.54. The molecular weight excluding hydrogens is 400 g/mol. The lowest BCUT2D eigenvalue weighted by molar-refractivity contribution is 0.415. The van der Waals surface area contributed by atoms with E-state index in [9.17, 15) is 0 Å². The van der Waals surface area contributed by atoms with Crippen LogP contribution in [0.25, 0.3) is 22.2 Å². The molecule has 2 aromatic heterocycles. The number of imidazole rings is 1. The molecule has 0 bridgehead atoms. The first-order valence-corrected chi connectivity index (χ1v) is 10.3. The van der Waals surface area contributed by atoms with Crippen LogP contribution < -0.4 is 14.8 Å². The van der Waals surface area contributed by atoms with Gasteiger partial charge in [-0.2, -0.15) is 0 Å². The molecule has 0 atom stereocenters. The van der Waals surface area contributed by atoms with Crippen molar-refractivity contribution in [2.24, 2.45) is 0 Å². The van der Waals surface area contributed by atoms with Crippen LogP contribution in [0.5, 0.6) is 17.2 Å². The molecule has 5 rings (SSSR count). The summed E-state index contributed by atoms with van der Waals surface area (Å²) in [7, 11) is 1.64. The average molecular weight is 422 g/mol. The Bertz CT molecular complexity index is 1380. The van der Waals surface area contributed by atoms with Crippen molar-refractivity contribution in [1.29, 1.82) is 0 Å². The number of aryl methyl sites for hydroxylation is 1. The summed E-state index contributed by atoms with van der Waals surface area (Å²) in [6, 6.07) is 23.7. The zero-order chi connectivity index (χ0) is 21.9. The van der Waals surface area contributed by atoms with Crippen molar-refractivity contribution in [3.05, 3.63) is 90.8 Å². The number of pyridine rings is 1. The minimum Gasteiger partial charge on any atom is -0.497 e. The highest BCUT2D eigenvalue weighted by atomic mass is 16.5. The zero-order valence-corrected chi connectivity index (χ0v) is 17.8. The van der Waals surface area contributed by atoms with Crippen molar-refractivity contribution in [2.75, 3.05) is 12.4 Å². The first-order valence-electron chi connectivity index (χ1n) is 10.3. The van der Waals surface area contributed by atoms with E-state index in [1.165, 1.54) is 5.56 Å². The van der Waals surface area contributed by atoms with Gasteiger partial charge in [-0.05, 0) is 72.6 Å². The van der Waals surface area contributed by atoms with Crippen LogP contribution >= 0.6 is 0 Å². The Morgan fingerprint density at radius 2 is 1.72 bits per heavy atom. The quantitative estimate of drug-likeness (QED) is 0.328. The molecule has 3 aromatic carbocycles. The number of rotatable bonds is 6. The van der Waals surface area contributed by atoms with E-state index in [0.717, 1.165) is 45.1 Å². The Labute approximate surface area is 185 Å². The van der Waals surface area contributed by atoms with Crippen LogP contribution in [-0.4, -0.2) is 22.1 Å². The number of aromatic nitrogens is 3. The van der Waals surface area contributed by atoms with Gasteiger partial charge in [-0.25, -0.2) is 4.98 Å². The fourth-order valence-corrected chi connectivity index (χ4v) is 3.54. The Morgan fingerprint density at radius 1 is 0.875 bits per heavy atom. The zero-order valence-electron chi connectivity index (χ0n) is 17.8. The molecule has 2 heterocycles. The van der Waals surface area contributed by atoms with Gasteiger partial charge in [0.25, 0.3) is 0 Å². The van der Waals surface area contributed by atoms with Gasteiger partial charge >= 0.3 is 0 Å². The van der Waals surface area contributed by atoms with E-state index >= 15 is 0 Å². The molecule has 0 aliphatic heterocycles. The maximum Gasteiger partial charge on any atom is 0.205 e. The van der Waals surface area contributed by atoms with Crippen molar-refractivity contribution < 1.29 is 9.47 Å². The van der Waals surface area contributed by atoms with Gasteiger partial charge in [-0.3, -0.25) is 4.98 Å². The number of anilines is 2. The predicted octanol–water partition coefficient (Wildman–Crippen LogP) is 6.48. The first kappa shape index (κ1) is 19.6. The second kappa shape index (κ2) is 8.43. The molecule has 158 valence electrons. The van der Waals surface area contributed by atoms with Gasteiger partial charge in [0.15, 0.2) is 0 Å². The summed E-state index contributed by atoms with van der Waals surface area (Å²) in [5, 5.41) is 4.23. The van der Waals surface area contributed by atoms with Gasteiger partial charge in [0.1, 0.15) is 17.2 Å². The smallest absolute Gasteiger partial charge is 0.205 e. The SMILES string of the molecule is COc1ccc2c(Oc3ccc(-c4cnc(Nc5cccc(C)c5)[nH]4)cc3)ccnc2c1. The summed E-state index contributed by atoms with van der Waals surface area (Å²) in [6.07, 6.45) is 3.55. The number of methoxy groups -OCH3 is 1. The summed E-state index contributed by atoms with van der Waals surface area (Å²) in [4.78, 5) is 12.2. The second-order valence-corrected chi connectivity index (χ2v) is 7.46. The number of hydrogen-bond acceptors (Lipinski definition) is 5. The number of fused-ring (bicyclic) bond motifs is 1. The summed E-state index contributed by atoms with van der Waals surface area (Å²) < 4.78 is 11.4. The van der Waals surface area contributed by atoms with Crippen LogP contribution in [0.2, 0.25) is 0 Å². The van der Waals surface area contributed by atoms with Crippen LogP contribution in [0.15, 0.2) is 85.2 Å². The first-order chi connectivity index (χ1) is 15.7. The van der Waals surface area contributed by atoms with Gasteiger partial charge in [0.2, 0.25) is 5.95 Å². The standard InChI is InChI=1S/C26H22N4O2/c1-17-4-3-5-19(14-17)29-26-28-16-24(30-26)18-6-8-20(9-7-18)32-25-12-13-27-23-15-21(31-2)10-11-22(23)25/h3-16H,1-2H3,(H2,28,29,30). The van der Waals surface area contributed by atoms with Crippen LogP contribution in [-0.2, 0) is 0 Å². The van der Waals surface area contributed by atoms with Crippen molar-refractivity contribution in [3.8, 4) is 28.5 Å². The molecule has 6 heteroatoms. The summed E-state index contributed by atoms with van der Waals surface area (Å²) in [6.45, 7) is 2.06. The van der Waals surface area contributed by atoms with Gasteiger partial charge in [0.05, 0.1) is 24.5 Å². The number of nitrogens with one attached hydrogen (secondary N) is 2. The molecule has 0 saturated carbocycles. The Kier molecular flexibility index (Phi) is 5.17. The normalized spacial score (nSPS) is 10.8. The molecule has 0 aliphatic rings. The minimum absolute atomic E-state index is 0.699. The third-order valence-electron chi connectivity index (χ3n) is 5.16. The monoisotopic (exact) mass is 422 g/mol. The molecule has 0 unspecified atom stereocenters. The average Bonchev–Trinajstić information content (AvgIpc) is 3.28. The van der Waals surface area contributed by atoms with Crippen LogP contribution in [0.1, 0.15) is 5.56 Å². The van der Waals surface area contributed by atoms with Gasteiger partial charge in [-0.15, -0.1) is 0 Å². The van der Waals surface area contributed by atoms with Gasteiger partial charge < -0.3 is 19.8 Å². The van der Waals surface area contributed by atoms with E-state index in [-0.39, 0.29) is 0 Å². The lowest BCUT2D eigenvalue weighted by Crippen LogP contribution is -1.92. The fraction of sp³-hybridized carbons (Fsp3) is 0.0769. The van der Waals surface area contributed by atoms with Crippen molar-refractivity contribution in [3.63, 3.8) is 0 Å². The Hall–Kier alpha value is -4.32. The summed E-state index contributed by atoms with van der Waals surface area (Å²) >= 11 is 0. The van der Waals surface area contributed by atoms with Crippen molar-refractivity contribution in [1.82, 2.24) is 15.0 Å². The highest BCUT2D eigenvalue weighted by Gasteiger charge is 2.08. The molecule has 0 spiro atoms. The Morgan fingerprint density at radius 3 is 2.53 bits per heavy atom. The molecule has 0 fully saturated rings. The van der Waals surface area contributed by atoms with E-state index < -0.39 is 0 Å². The second-order valence-electron chi connectivity index (χ2n) is 7.46. The van der Waals surface area contributed by atoms with Gasteiger partial charge in [-0.1, -0.05) is 12.1 Å². The third kappa shape index (κ3) is 4.11. The predicted molar refractivity (Wildman–Crippen MR) is 127 cm³/mol. The van der Waals surface area contributed by atoms with E-state index in [1.807, 2.05) is 66.9 Å². The third-order valence-corrected chi connectivity index (χ3v) is 5.16. The van der Waals surface area contributed by atoms with Crippen molar-refractivity contribution >= 4 is 22.5 Å². The summed E-state index contributed by atoms with van der Waals surface area (Å²) in [5.74, 6) is 2.96. The largest absolute Gasteiger partial charge is 0.497 e. The summed E-state index contributed by atoms with van der Waals surface area (Å²) in [5.41, 5.74) is 4.96. The lowest BCUT2D eigenvalue weighted by atomic mass is 10.1. The molecule has 0 radical (unpaired) electrons. The van der Waals surface area contributed by atoms with E-state index in [4.69, 9.17) is 9.47 Å². The van der Waals surface area contributed by atoms with Crippen LogP contribution in [0.3, 0.4) is 0 Å². The molecule has 0 aliphatic carbocycles. The highest BCUT2D eigenvalue weighted by Crippen LogP contribution is 2.32.